The number of carbonyl (C=O) groups is 1. The van der Waals surface area contributed by atoms with E-state index < -0.39 is 0 Å². The van der Waals surface area contributed by atoms with Gasteiger partial charge in [0.15, 0.2) is 0 Å². The molecular weight excluding hydrogens is 258 g/mol. The number of amides is 1. The zero-order chi connectivity index (χ0) is 10.7. The maximum atomic E-state index is 11.9. The summed E-state index contributed by atoms with van der Waals surface area (Å²) in [4.78, 5) is 13.8. The number of furan rings is 1. The molecule has 0 aromatic carbocycles. The van der Waals surface area contributed by atoms with Crippen molar-refractivity contribution in [2.75, 3.05) is 18.4 Å². The second-order valence-corrected chi connectivity index (χ2v) is 4.69. The zero-order valence-corrected chi connectivity index (χ0v) is 10.1. The number of rotatable bonds is 3. The third-order valence-corrected chi connectivity index (χ3v) is 3.32. The van der Waals surface area contributed by atoms with E-state index in [2.05, 4.69) is 15.9 Å². The van der Waals surface area contributed by atoms with Crippen LogP contribution in [-0.4, -0.2) is 29.2 Å². The fourth-order valence-corrected chi connectivity index (χ4v) is 2.62. The summed E-state index contributed by atoms with van der Waals surface area (Å²) in [6, 6.07) is 1.72. The molecule has 0 N–H and O–H groups in total. The highest BCUT2D eigenvalue weighted by Gasteiger charge is 2.26. The SMILES string of the molecule is O=C(c1ccoc1)N1CCC(CCBr)C1. The minimum Gasteiger partial charge on any atom is -0.472 e. The van der Waals surface area contributed by atoms with Crippen molar-refractivity contribution in [1.82, 2.24) is 4.90 Å². The normalized spacial score (nSPS) is 20.9. The molecule has 1 aliphatic rings. The molecule has 82 valence electrons. The van der Waals surface area contributed by atoms with Crippen LogP contribution in [0.5, 0.6) is 0 Å². The maximum absolute atomic E-state index is 11.9. The topological polar surface area (TPSA) is 33.5 Å². The Hall–Kier alpha value is -0.770. The molecule has 0 saturated carbocycles. The van der Waals surface area contributed by atoms with Crippen molar-refractivity contribution in [2.45, 2.75) is 12.8 Å². The summed E-state index contributed by atoms with van der Waals surface area (Å²) >= 11 is 3.44. The van der Waals surface area contributed by atoms with Crippen molar-refractivity contribution in [3.05, 3.63) is 24.2 Å². The Morgan fingerprint density at radius 2 is 2.53 bits per heavy atom. The van der Waals surface area contributed by atoms with Crippen molar-refractivity contribution < 1.29 is 9.21 Å². The molecule has 1 aromatic rings. The summed E-state index contributed by atoms with van der Waals surface area (Å²) in [6.45, 7) is 1.76. The standard InChI is InChI=1S/C11H14BrNO2/c12-4-1-9-2-5-13(7-9)11(14)10-3-6-15-8-10/h3,6,8-9H,1-2,4-5,7H2. The number of carbonyl (C=O) groups excluding carboxylic acids is 1. The van der Waals surface area contributed by atoms with Crippen LogP contribution in [0.1, 0.15) is 23.2 Å². The van der Waals surface area contributed by atoms with Gasteiger partial charge in [-0.3, -0.25) is 4.79 Å². The van der Waals surface area contributed by atoms with E-state index in [1.165, 1.54) is 6.26 Å². The molecule has 3 nitrogen and oxygen atoms in total. The molecule has 15 heavy (non-hydrogen) atoms. The number of likely N-dealkylation sites (tertiary alicyclic amines) is 1. The van der Waals surface area contributed by atoms with Crippen molar-refractivity contribution in [3.63, 3.8) is 0 Å². The molecule has 2 heterocycles. The first kappa shape index (κ1) is 10.7. The third kappa shape index (κ3) is 2.43. The highest BCUT2D eigenvalue weighted by atomic mass is 79.9. The van der Waals surface area contributed by atoms with E-state index in [1.807, 2.05) is 4.90 Å². The molecule has 4 heteroatoms. The van der Waals surface area contributed by atoms with Crippen LogP contribution >= 0.6 is 15.9 Å². The number of nitrogens with zero attached hydrogens (tertiary/aromatic N) is 1. The first-order chi connectivity index (χ1) is 7.31. The molecule has 1 saturated heterocycles. The third-order valence-electron chi connectivity index (χ3n) is 2.86. The molecule has 0 radical (unpaired) electrons. The molecule has 0 bridgehead atoms. The van der Waals surface area contributed by atoms with Crippen LogP contribution in [0.15, 0.2) is 23.0 Å². The summed E-state index contributed by atoms with van der Waals surface area (Å²) in [5, 5.41) is 1.02. The average molecular weight is 272 g/mol. The Bertz CT molecular complexity index is 323. The Morgan fingerprint density at radius 1 is 1.67 bits per heavy atom. The van der Waals surface area contributed by atoms with Crippen molar-refractivity contribution in [1.29, 1.82) is 0 Å². The summed E-state index contributed by atoms with van der Waals surface area (Å²) in [5.41, 5.74) is 0.662. The molecule has 0 aliphatic carbocycles. The van der Waals surface area contributed by atoms with E-state index in [9.17, 15) is 4.79 Å². The summed E-state index contributed by atoms with van der Waals surface area (Å²) < 4.78 is 4.91. The second kappa shape index (κ2) is 4.84. The van der Waals surface area contributed by atoms with Crippen LogP contribution in [0.4, 0.5) is 0 Å². The van der Waals surface area contributed by atoms with Gasteiger partial charge in [0.1, 0.15) is 6.26 Å². The lowest BCUT2D eigenvalue weighted by molar-refractivity contribution is 0.0786. The van der Waals surface area contributed by atoms with E-state index in [0.29, 0.717) is 11.5 Å². The van der Waals surface area contributed by atoms with E-state index in [0.717, 1.165) is 31.3 Å². The van der Waals surface area contributed by atoms with Crippen LogP contribution in [-0.2, 0) is 0 Å². The van der Waals surface area contributed by atoms with Crippen LogP contribution in [0, 0.1) is 5.92 Å². The molecule has 2 rings (SSSR count). The summed E-state index contributed by atoms with van der Waals surface area (Å²) in [7, 11) is 0. The smallest absolute Gasteiger partial charge is 0.257 e. The Balaban J connectivity index is 1.93. The van der Waals surface area contributed by atoms with E-state index in [1.54, 1.807) is 12.3 Å². The van der Waals surface area contributed by atoms with E-state index >= 15 is 0 Å². The minimum atomic E-state index is 0.0980. The van der Waals surface area contributed by atoms with Crippen molar-refractivity contribution in [3.8, 4) is 0 Å². The van der Waals surface area contributed by atoms with Crippen LogP contribution in [0.2, 0.25) is 0 Å². The van der Waals surface area contributed by atoms with Crippen molar-refractivity contribution >= 4 is 21.8 Å². The van der Waals surface area contributed by atoms with Gasteiger partial charge in [0, 0.05) is 18.4 Å². The Kier molecular flexibility index (Phi) is 3.46. The van der Waals surface area contributed by atoms with E-state index in [-0.39, 0.29) is 5.91 Å². The first-order valence-electron chi connectivity index (χ1n) is 5.18. The zero-order valence-electron chi connectivity index (χ0n) is 8.49. The monoisotopic (exact) mass is 271 g/mol. The summed E-state index contributed by atoms with van der Waals surface area (Å²) in [6.07, 6.45) is 5.32. The van der Waals surface area contributed by atoms with Gasteiger partial charge in [0.05, 0.1) is 11.8 Å². The van der Waals surface area contributed by atoms with Crippen LogP contribution in [0.25, 0.3) is 0 Å². The fraction of sp³-hybridized carbons (Fsp3) is 0.545. The predicted octanol–water partition coefficient (Wildman–Crippen LogP) is 2.53. The molecule has 1 amide bonds. The summed E-state index contributed by atoms with van der Waals surface area (Å²) in [5.74, 6) is 0.751. The quantitative estimate of drug-likeness (QED) is 0.792. The fourth-order valence-electron chi connectivity index (χ4n) is 1.98. The molecule has 1 unspecified atom stereocenters. The van der Waals surface area contributed by atoms with Crippen LogP contribution in [0.3, 0.4) is 0 Å². The van der Waals surface area contributed by atoms with Gasteiger partial charge in [-0.2, -0.15) is 0 Å². The molecule has 1 fully saturated rings. The first-order valence-corrected chi connectivity index (χ1v) is 6.31. The molecule has 0 spiro atoms. The number of halogens is 1. The van der Waals surface area contributed by atoms with Crippen molar-refractivity contribution in [2.24, 2.45) is 5.92 Å². The number of hydrogen-bond donors (Lipinski definition) is 0. The van der Waals surface area contributed by atoms with Gasteiger partial charge >= 0.3 is 0 Å². The Labute approximate surface area is 97.6 Å². The maximum Gasteiger partial charge on any atom is 0.257 e. The molecule has 1 aromatic heterocycles. The van der Waals surface area contributed by atoms with Gasteiger partial charge in [-0.15, -0.1) is 0 Å². The van der Waals surface area contributed by atoms with Gasteiger partial charge in [-0.25, -0.2) is 0 Å². The van der Waals surface area contributed by atoms with Gasteiger partial charge in [0.2, 0.25) is 0 Å². The Morgan fingerprint density at radius 3 is 3.20 bits per heavy atom. The number of hydrogen-bond acceptors (Lipinski definition) is 2. The number of alkyl halides is 1. The largest absolute Gasteiger partial charge is 0.472 e. The molecule has 1 atom stereocenters. The second-order valence-electron chi connectivity index (χ2n) is 3.90. The molecule has 1 aliphatic heterocycles. The van der Waals surface area contributed by atoms with Gasteiger partial charge in [-0.05, 0) is 24.8 Å². The lowest BCUT2D eigenvalue weighted by atomic mass is 10.1. The highest BCUT2D eigenvalue weighted by molar-refractivity contribution is 9.09. The van der Waals surface area contributed by atoms with Gasteiger partial charge in [0.25, 0.3) is 5.91 Å². The predicted molar refractivity (Wildman–Crippen MR) is 61.1 cm³/mol. The average Bonchev–Trinajstić information content (AvgIpc) is 2.87. The minimum absolute atomic E-state index is 0.0980. The highest BCUT2D eigenvalue weighted by Crippen LogP contribution is 2.22. The van der Waals surface area contributed by atoms with Gasteiger partial charge in [-0.1, -0.05) is 15.9 Å². The van der Waals surface area contributed by atoms with Gasteiger partial charge < -0.3 is 9.32 Å². The molecular formula is C11H14BrNO2. The lowest BCUT2D eigenvalue weighted by Gasteiger charge is -2.14. The lowest BCUT2D eigenvalue weighted by Crippen LogP contribution is -2.28. The van der Waals surface area contributed by atoms with Crippen LogP contribution < -0.4 is 0 Å². The van der Waals surface area contributed by atoms with E-state index in [4.69, 9.17) is 4.42 Å².